The highest BCUT2D eigenvalue weighted by molar-refractivity contribution is 7.73. The third-order valence-electron chi connectivity index (χ3n) is 3.85. The van der Waals surface area contributed by atoms with E-state index in [9.17, 15) is 0 Å². The van der Waals surface area contributed by atoms with Crippen LogP contribution in [-0.4, -0.2) is 13.7 Å². The molecular formula is C19H15N2O4S2-. The molecule has 27 heavy (non-hydrogen) atoms. The Hall–Kier alpha value is -2.49. The van der Waals surface area contributed by atoms with Gasteiger partial charge in [-0.1, -0.05) is 36.4 Å². The molecule has 1 aliphatic heterocycles. The van der Waals surface area contributed by atoms with Crippen LogP contribution < -0.4 is 16.0 Å². The van der Waals surface area contributed by atoms with Crippen LogP contribution in [0.1, 0.15) is 5.56 Å². The lowest BCUT2D eigenvalue weighted by Crippen LogP contribution is -2.45. The average Bonchev–Trinajstić information content (AvgIpc) is 2.67. The average molecular weight is 399 g/mol. The van der Waals surface area contributed by atoms with Crippen LogP contribution in [0.4, 0.5) is 0 Å². The van der Waals surface area contributed by atoms with Gasteiger partial charge in [0.15, 0.2) is 0 Å². The second-order valence-corrected chi connectivity index (χ2v) is 7.36. The predicted octanol–water partition coefficient (Wildman–Crippen LogP) is 1.11. The molecule has 1 unspecified atom stereocenters. The summed E-state index contributed by atoms with van der Waals surface area (Å²) in [5.74, 6) is 0. The van der Waals surface area contributed by atoms with Crippen LogP contribution in [0, 0.1) is 6.92 Å². The summed E-state index contributed by atoms with van der Waals surface area (Å²) in [7, 11) is 0. The normalized spacial score (nSPS) is 11.8. The van der Waals surface area contributed by atoms with Gasteiger partial charge >= 0.3 is 0 Å². The van der Waals surface area contributed by atoms with Gasteiger partial charge in [-0.15, -0.1) is 11.3 Å². The Labute approximate surface area is 162 Å². The molecule has 0 radical (unpaired) electrons. The first kappa shape index (κ1) is 19.3. The van der Waals surface area contributed by atoms with Crippen LogP contribution >= 0.6 is 11.3 Å². The second kappa shape index (κ2) is 8.47. The highest BCUT2D eigenvalue weighted by atomic mass is 32.2. The smallest absolute Gasteiger partial charge is 0.206 e. The van der Waals surface area contributed by atoms with Crippen molar-refractivity contribution in [3.05, 3.63) is 71.6 Å². The van der Waals surface area contributed by atoms with Crippen LogP contribution in [0.25, 0.3) is 31.9 Å². The largest absolute Gasteiger partial charge is 0.750 e. The fourth-order valence-electron chi connectivity index (χ4n) is 2.66. The Kier molecular flexibility index (Phi) is 6.04. The van der Waals surface area contributed by atoms with Crippen LogP contribution in [0.2, 0.25) is 0 Å². The fraction of sp³-hybridized carbons (Fsp3) is 0.0526. The number of aromatic nitrogens is 1. The van der Waals surface area contributed by atoms with Crippen molar-refractivity contribution in [1.82, 2.24) is 4.98 Å². The SMILES string of the molecule is Cc1ccc2nc3cc(-c4ccccc4)c(=[NH2+])cc-3sc2c1.O=S([O-])O[O-]. The quantitative estimate of drug-likeness (QED) is 0.235. The van der Waals surface area contributed by atoms with Gasteiger partial charge in [0.2, 0.25) is 5.36 Å². The minimum absolute atomic E-state index is 0.795. The molecular weight excluding hydrogens is 384 g/mol. The Morgan fingerprint density at radius 3 is 2.48 bits per heavy atom. The lowest BCUT2D eigenvalue weighted by Gasteiger charge is -2.08. The molecule has 4 rings (SSSR count). The van der Waals surface area contributed by atoms with Gasteiger partial charge in [0, 0.05) is 6.07 Å². The summed E-state index contributed by atoms with van der Waals surface area (Å²) in [5.41, 5.74) is 5.44. The number of rotatable bonds is 2. The van der Waals surface area contributed by atoms with E-state index in [4.69, 9.17) is 24.4 Å². The van der Waals surface area contributed by atoms with Gasteiger partial charge in [-0.2, -0.15) is 0 Å². The molecule has 1 aliphatic carbocycles. The van der Waals surface area contributed by atoms with Gasteiger partial charge in [-0.25, -0.2) is 9.19 Å². The molecule has 0 spiro atoms. The maximum atomic E-state index is 8.83. The molecule has 2 N–H and O–H groups in total. The Balaban J connectivity index is 0.000000376. The van der Waals surface area contributed by atoms with Crippen molar-refractivity contribution in [2.75, 3.05) is 0 Å². The standard InChI is InChI=1S/C19H14N2S.H2O4S/c1-12-7-8-16-18(9-12)22-19-11-15(20)14(10-17(19)21-16)13-5-3-2-4-6-13;1-4-5(2)3/h2-11,20H,1H3;1H,(H,2,3)/p-1. The van der Waals surface area contributed by atoms with Crippen molar-refractivity contribution < 1.29 is 23.8 Å². The Morgan fingerprint density at radius 1 is 1.11 bits per heavy atom. The molecule has 0 fully saturated rings. The number of benzene rings is 3. The van der Waals surface area contributed by atoms with E-state index in [2.05, 4.69) is 47.7 Å². The summed E-state index contributed by atoms with van der Waals surface area (Å²) in [4.78, 5) is 5.92. The van der Waals surface area contributed by atoms with E-state index < -0.39 is 11.4 Å². The summed E-state index contributed by atoms with van der Waals surface area (Å²) in [5, 5.41) is 15.6. The Bertz CT molecular complexity index is 1130. The van der Waals surface area contributed by atoms with Crippen molar-refractivity contribution in [2.45, 2.75) is 6.92 Å². The molecule has 1 atom stereocenters. The van der Waals surface area contributed by atoms with Gasteiger partial charge < -0.3 is 14.1 Å². The molecule has 6 nitrogen and oxygen atoms in total. The van der Waals surface area contributed by atoms with Crippen LogP contribution in [0.3, 0.4) is 0 Å². The number of nitrogens with zero attached hydrogens (tertiary/aromatic N) is 1. The Morgan fingerprint density at radius 2 is 1.81 bits per heavy atom. The second-order valence-electron chi connectivity index (χ2n) is 5.73. The molecule has 0 saturated carbocycles. The first-order valence-corrected chi connectivity index (χ1v) is 9.68. The molecule has 2 aromatic carbocycles. The summed E-state index contributed by atoms with van der Waals surface area (Å²) in [6, 6.07) is 20.7. The summed E-state index contributed by atoms with van der Waals surface area (Å²) < 4.78 is 21.3. The minimum Gasteiger partial charge on any atom is -0.750 e. The molecule has 0 aromatic heterocycles. The fourth-order valence-corrected chi connectivity index (χ4v) is 3.76. The van der Waals surface area contributed by atoms with Crippen molar-refractivity contribution in [1.29, 1.82) is 0 Å². The monoisotopic (exact) mass is 399 g/mol. The number of fused-ring (bicyclic) bond motifs is 2. The highest BCUT2D eigenvalue weighted by Crippen LogP contribution is 2.32. The van der Waals surface area contributed by atoms with E-state index in [1.807, 2.05) is 24.3 Å². The van der Waals surface area contributed by atoms with Gasteiger partial charge in [0.25, 0.3) is 0 Å². The number of hydrogen-bond acceptors (Lipinski definition) is 6. The molecule has 0 bridgehead atoms. The van der Waals surface area contributed by atoms with E-state index >= 15 is 0 Å². The summed E-state index contributed by atoms with van der Waals surface area (Å²) in [6.07, 6.45) is 0. The summed E-state index contributed by atoms with van der Waals surface area (Å²) in [6.45, 7) is 2.10. The zero-order valence-corrected chi connectivity index (χ0v) is 15.9. The first-order valence-electron chi connectivity index (χ1n) is 7.86. The van der Waals surface area contributed by atoms with E-state index in [0.29, 0.717) is 0 Å². The molecule has 0 amide bonds. The summed E-state index contributed by atoms with van der Waals surface area (Å²) >= 11 is -1.14. The number of nitrogens with two attached hydrogens (primary N) is 1. The first-order chi connectivity index (χ1) is 13.0. The highest BCUT2D eigenvalue weighted by Gasteiger charge is 2.13. The molecule has 2 aromatic rings. The number of hydrogen-bond donors (Lipinski definition) is 1. The molecule has 0 saturated heterocycles. The molecule has 138 valence electrons. The number of aryl methyl sites for hydroxylation is 1. The third kappa shape index (κ3) is 4.62. The molecule has 2 aliphatic rings. The molecule has 8 heteroatoms. The molecule has 1 heterocycles. The van der Waals surface area contributed by atoms with E-state index in [0.717, 1.165) is 32.6 Å². The van der Waals surface area contributed by atoms with Crippen LogP contribution in [-0.2, 0) is 15.7 Å². The van der Waals surface area contributed by atoms with Gasteiger partial charge in [-0.3, -0.25) is 5.41 Å². The third-order valence-corrected chi connectivity index (χ3v) is 5.05. The van der Waals surface area contributed by atoms with E-state index in [-0.39, 0.29) is 0 Å². The van der Waals surface area contributed by atoms with Crippen molar-refractivity contribution in [2.24, 2.45) is 0 Å². The lowest BCUT2D eigenvalue weighted by molar-refractivity contribution is -0.635. The lowest BCUT2D eigenvalue weighted by atomic mass is 10.0. The zero-order valence-electron chi connectivity index (χ0n) is 14.2. The maximum absolute atomic E-state index is 8.83. The van der Waals surface area contributed by atoms with Crippen molar-refractivity contribution in [3.8, 4) is 21.7 Å². The van der Waals surface area contributed by atoms with Gasteiger partial charge in [0.1, 0.15) is 0 Å². The van der Waals surface area contributed by atoms with Crippen molar-refractivity contribution >= 4 is 32.9 Å². The zero-order chi connectivity index (χ0) is 19.4. The maximum Gasteiger partial charge on any atom is 0.206 e. The topological polar surface area (TPSA) is 111 Å². The van der Waals surface area contributed by atoms with Crippen molar-refractivity contribution in [3.63, 3.8) is 0 Å². The van der Waals surface area contributed by atoms with E-state index in [1.165, 1.54) is 10.3 Å². The minimum atomic E-state index is -2.88. The van der Waals surface area contributed by atoms with Gasteiger partial charge in [-0.05, 0) is 36.2 Å². The predicted molar refractivity (Wildman–Crippen MR) is 101 cm³/mol. The van der Waals surface area contributed by atoms with E-state index in [1.54, 1.807) is 11.3 Å². The van der Waals surface area contributed by atoms with Crippen LogP contribution in [0.15, 0.2) is 60.7 Å². The van der Waals surface area contributed by atoms with Crippen LogP contribution in [0.5, 0.6) is 0 Å². The van der Waals surface area contributed by atoms with Gasteiger partial charge in [0.05, 0.1) is 37.7 Å².